The topological polar surface area (TPSA) is 86.5 Å². The highest BCUT2D eigenvalue weighted by Crippen LogP contribution is 2.21. The average molecular weight is 416 g/mol. The third-order valence-electron chi connectivity index (χ3n) is 5.51. The van der Waals surface area contributed by atoms with E-state index in [4.69, 9.17) is 14.5 Å². The summed E-state index contributed by atoms with van der Waals surface area (Å²) in [6.07, 6.45) is 6.41. The van der Waals surface area contributed by atoms with E-state index in [1.54, 1.807) is 13.3 Å². The van der Waals surface area contributed by atoms with Crippen molar-refractivity contribution >= 4 is 11.6 Å². The predicted molar refractivity (Wildman–Crippen MR) is 117 cm³/mol. The van der Waals surface area contributed by atoms with Gasteiger partial charge in [0.05, 0.1) is 12.8 Å². The zero-order chi connectivity index (χ0) is 21.0. The summed E-state index contributed by atoms with van der Waals surface area (Å²) in [7, 11) is 1.67. The summed E-state index contributed by atoms with van der Waals surface area (Å²) in [6.45, 7) is 1.56. The van der Waals surface area contributed by atoms with Crippen LogP contribution in [0.1, 0.15) is 24.2 Å². The van der Waals surface area contributed by atoms with Gasteiger partial charge in [-0.2, -0.15) is 0 Å². The average Bonchev–Trinajstić information content (AvgIpc) is 3.22. The SMILES string of the molecule is COc1ccc(Cc2nnc3cc(-c4ccnc(NC5CCOCC5)n4)ccn23)cc1. The molecule has 3 aromatic heterocycles. The highest BCUT2D eigenvalue weighted by molar-refractivity contribution is 5.64. The Bertz CT molecular complexity index is 1170. The summed E-state index contributed by atoms with van der Waals surface area (Å²) in [4.78, 5) is 9.08. The van der Waals surface area contributed by atoms with Crippen LogP contribution in [0.3, 0.4) is 0 Å². The Morgan fingerprint density at radius 1 is 1.10 bits per heavy atom. The van der Waals surface area contributed by atoms with E-state index in [0.717, 1.165) is 60.1 Å². The number of pyridine rings is 1. The number of nitrogens with zero attached hydrogens (tertiary/aromatic N) is 5. The van der Waals surface area contributed by atoms with Gasteiger partial charge in [0.1, 0.15) is 11.6 Å². The zero-order valence-corrected chi connectivity index (χ0v) is 17.4. The van der Waals surface area contributed by atoms with Gasteiger partial charge in [-0.3, -0.25) is 4.40 Å². The summed E-state index contributed by atoms with van der Waals surface area (Å²) in [6, 6.07) is 14.3. The molecule has 0 aliphatic carbocycles. The molecule has 0 amide bonds. The standard InChI is InChI=1S/C23H24N6O2/c1-30-19-4-2-16(3-5-19)14-21-27-28-22-15-17(7-11-29(21)22)20-6-10-24-23(26-20)25-18-8-12-31-13-9-18/h2-7,10-11,15,18H,8-9,12-14H2,1H3,(H,24,25,26). The van der Waals surface area contributed by atoms with Gasteiger partial charge in [-0.25, -0.2) is 9.97 Å². The highest BCUT2D eigenvalue weighted by atomic mass is 16.5. The van der Waals surface area contributed by atoms with Crippen LogP contribution >= 0.6 is 0 Å². The number of nitrogens with one attached hydrogen (secondary N) is 1. The molecule has 158 valence electrons. The van der Waals surface area contributed by atoms with E-state index in [0.29, 0.717) is 18.4 Å². The van der Waals surface area contributed by atoms with Gasteiger partial charge in [0.25, 0.3) is 0 Å². The van der Waals surface area contributed by atoms with Crippen LogP contribution in [0.15, 0.2) is 54.9 Å². The molecule has 1 N–H and O–H groups in total. The van der Waals surface area contributed by atoms with Gasteiger partial charge in [-0.1, -0.05) is 12.1 Å². The van der Waals surface area contributed by atoms with Gasteiger partial charge in [0, 0.05) is 43.6 Å². The Hall–Kier alpha value is -3.52. The Morgan fingerprint density at radius 2 is 1.94 bits per heavy atom. The first kappa shape index (κ1) is 19.4. The van der Waals surface area contributed by atoms with Crippen molar-refractivity contribution in [1.29, 1.82) is 0 Å². The molecule has 1 aliphatic heterocycles. The van der Waals surface area contributed by atoms with Crippen LogP contribution in [0.2, 0.25) is 0 Å². The molecule has 1 aliphatic rings. The fourth-order valence-electron chi connectivity index (χ4n) is 3.76. The number of ether oxygens (including phenoxy) is 2. The zero-order valence-electron chi connectivity index (χ0n) is 17.4. The van der Waals surface area contributed by atoms with E-state index < -0.39 is 0 Å². The summed E-state index contributed by atoms with van der Waals surface area (Å²) in [5, 5.41) is 12.2. The maximum absolute atomic E-state index is 5.42. The number of aromatic nitrogens is 5. The lowest BCUT2D eigenvalue weighted by Crippen LogP contribution is -2.28. The highest BCUT2D eigenvalue weighted by Gasteiger charge is 2.15. The molecular formula is C23H24N6O2. The van der Waals surface area contributed by atoms with Crippen molar-refractivity contribution in [2.45, 2.75) is 25.3 Å². The van der Waals surface area contributed by atoms with Gasteiger partial charge in [0.15, 0.2) is 5.65 Å². The smallest absolute Gasteiger partial charge is 0.223 e. The number of hydrogen-bond acceptors (Lipinski definition) is 7. The van der Waals surface area contributed by atoms with Crippen molar-refractivity contribution in [1.82, 2.24) is 24.6 Å². The first-order valence-corrected chi connectivity index (χ1v) is 10.4. The molecule has 31 heavy (non-hydrogen) atoms. The van der Waals surface area contributed by atoms with Crippen LogP contribution in [0.25, 0.3) is 16.9 Å². The third-order valence-corrected chi connectivity index (χ3v) is 5.51. The predicted octanol–water partition coefficient (Wildman–Crippen LogP) is 3.38. The number of benzene rings is 1. The van der Waals surface area contributed by atoms with Crippen LogP contribution < -0.4 is 10.1 Å². The first-order valence-electron chi connectivity index (χ1n) is 10.4. The van der Waals surface area contributed by atoms with Crippen LogP contribution in [-0.4, -0.2) is 50.9 Å². The molecule has 0 atom stereocenters. The van der Waals surface area contributed by atoms with Gasteiger partial charge < -0.3 is 14.8 Å². The molecule has 1 fully saturated rings. The van der Waals surface area contributed by atoms with E-state index >= 15 is 0 Å². The van der Waals surface area contributed by atoms with Crippen LogP contribution in [0, 0.1) is 0 Å². The van der Waals surface area contributed by atoms with Gasteiger partial charge in [0.2, 0.25) is 5.95 Å². The maximum atomic E-state index is 5.42. The van der Waals surface area contributed by atoms with Crippen molar-refractivity contribution in [2.75, 3.05) is 25.6 Å². The summed E-state index contributed by atoms with van der Waals surface area (Å²) in [5.41, 5.74) is 3.78. The Kier molecular flexibility index (Phi) is 5.45. The lowest BCUT2D eigenvalue weighted by atomic mass is 10.1. The molecule has 8 heteroatoms. The number of fused-ring (bicyclic) bond motifs is 1. The van der Waals surface area contributed by atoms with E-state index in [1.807, 2.05) is 53.1 Å². The second kappa shape index (κ2) is 8.69. The first-order chi connectivity index (χ1) is 15.3. The van der Waals surface area contributed by atoms with Crippen molar-refractivity contribution < 1.29 is 9.47 Å². The maximum Gasteiger partial charge on any atom is 0.223 e. The number of hydrogen-bond donors (Lipinski definition) is 1. The van der Waals surface area contributed by atoms with E-state index in [1.165, 1.54) is 0 Å². The number of anilines is 1. The van der Waals surface area contributed by atoms with Crippen molar-refractivity contribution in [3.8, 4) is 17.0 Å². The normalized spacial score (nSPS) is 14.6. The molecule has 1 saturated heterocycles. The minimum absolute atomic E-state index is 0.350. The van der Waals surface area contributed by atoms with Gasteiger partial charge >= 0.3 is 0 Å². The summed E-state index contributed by atoms with van der Waals surface area (Å²) < 4.78 is 12.7. The molecule has 0 spiro atoms. The fourth-order valence-corrected chi connectivity index (χ4v) is 3.76. The lowest BCUT2D eigenvalue weighted by molar-refractivity contribution is 0.0903. The minimum atomic E-state index is 0.350. The molecule has 5 rings (SSSR count). The molecule has 8 nitrogen and oxygen atoms in total. The minimum Gasteiger partial charge on any atom is -0.497 e. The Labute approximate surface area is 180 Å². The largest absolute Gasteiger partial charge is 0.497 e. The molecular weight excluding hydrogens is 392 g/mol. The van der Waals surface area contributed by atoms with Crippen molar-refractivity contribution in [2.24, 2.45) is 0 Å². The lowest BCUT2D eigenvalue weighted by Gasteiger charge is -2.23. The van der Waals surface area contributed by atoms with Crippen LogP contribution in [0.4, 0.5) is 5.95 Å². The van der Waals surface area contributed by atoms with E-state index in [9.17, 15) is 0 Å². The van der Waals surface area contributed by atoms with Crippen molar-refractivity contribution in [3.63, 3.8) is 0 Å². The summed E-state index contributed by atoms with van der Waals surface area (Å²) >= 11 is 0. The van der Waals surface area contributed by atoms with Crippen LogP contribution in [0.5, 0.6) is 5.75 Å². The second-order valence-electron chi connectivity index (χ2n) is 7.58. The molecule has 0 bridgehead atoms. The van der Waals surface area contributed by atoms with Crippen molar-refractivity contribution in [3.05, 3.63) is 66.2 Å². The quantitative estimate of drug-likeness (QED) is 0.516. The van der Waals surface area contributed by atoms with E-state index in [2.05, 4.69) is 20.5 Å². The number of methoxy groups -OCH3 is 1. The fraction of sp³-hybridized carbons (Fsp3) is 0.304. The monoisotopic (exact) mass is 416 g/mol. The van der Waals surface area contributed by atoms with Gasteiger partial charge in [-0.15, -0.1) is 10.2 Å². The summed E-state index contributed by atoms with van der Waals surface area (Å²) in [5.74, 6) is 2.37. The number of rotatable bonds is 6. The third kappa shape index (κ3) is 4.34. The Morgan fingerprint density at radius 3 is 2.74 bits per heavy atom. The molecule has 1 aromatic carbocycles. The second-order valence-corrected chi connectivity index (χ2v) is 7.58. The van der Waals surface area contributed by atoms with Gasteiger partial charge in [-0.05, 0) is 48.7 Å². The molecule has 0 saturated carbocycles. The Balaban J connectivity index is 1.36. The van der Waals surface area contributed by atoms with Crippen LogP contribution in [-0.2, 0) is 11.2 Å². The molecule has 4 heterocycles. The molecule has 0 radical (unpaired) electrons. The molecule has 0 unspecified atom stereocenters. The van der Waals surface area contributed by atoms with E-state index in [-0.39, 0.29) is 0 Å². The molecule has 4 aromatic rings.